The molecule has 0 amide bonds. The zero-order chi connectivity index (χ0) is 27.4. The van der Waals surface area contributed by atoms with Gasteiger partial charge in [0.05, 0.1) is 11.1 Å². The van der Waals surface area contributed by atoms with Crippen molar-refractivity contribution in [1.82, 2.24) is 10.1 Å². The Morgan fingerprint density at radius 3 is 1.31 bits per heavy atom. The second-order valence-electron chi connectivity index (χ2n) is 13.5. The van der Waals surface area contributed by atoms with Crippen LogP contribution in [0.4, 0.5) is 0 Å². The van der Waals surface area contributed by atoms with Gasteiger partial charge in [0.25, 0.3) is 0 Å². The fourth-order valence-corrected chi connectivity index (χ4v) is 6.25. The number of hydrogen-bond acceptors (Lipinski definition) is 7. The van der Waals surface area contributed by atoms with Gasteiger partial charge in [-0.05, 0) is 73.4 Å². The highest BCUT2D eigenvalue weighted by Gasteiger charge is 2.52. The van der Waals surface area contributed by atoms with E-state index in [-0.39, 0.29) is 24.1 Å². The predicted octanol–water partition coefficient (Wildman–Crippen LogP) is 5.97. The van der Waals surface area contributed by atoms with Crippen LogP contribution in [0.1, 0.15) is 132 Å². The smallest absolute Gasteiger partial charge is 0.306 e. The Labute approximate surface area is 218 Å². The topological polar surface area (TPSA) is 100 Å². The molecule has 0 spiro atoms. The number of carbonyl (C=O) groups is 2. The molecule has 2 radical (unpaired) electrons. The molecule has 0 aromatic rings. The first-order valence-electron chi connectivity index (χ1n) is 13.8. The average molecular weight is 512 g/mol. The van der Waals surface area contributed by atoms with Crippen LogP contribution < -0.4 is 0 Å². The molecule has 0 aromatic carbocycles. The second kappa shape index (κ2) is 12.1. The molecular weight excluding hydrogens is 460 g/mol. The van der Waals surface area contributed by atoms with E-state index in [1.54, 1.807) is 0 Å². The first-order valence-corrected chi connectivity index (χ1v) is 13.8. The first-order chi connectivity index (χ1) is 16.5. The van der Waals surface area contributed by atoms with Crippen molar-refractivity contribution < 1.29 is 29.5 Å². The van der Waals surface area contributed by atoms with Crippen LogP contribution in [0.2, 0.25) is 0 Å². The largest absolute Gasteiger partial charge is 0.462 e. The van der Waals surface area contributed by atoms with E-state index in [0.29, 0.717) is 38.5 Å². The lowest BCUT2D eigenvalue weighted by Gasteiger charge is -2.49. The quantitative estimate of drug-likeness (QED) is 0.191. The minimum atomic E-state index is -0.538. The van der Waals surface area contributed by atoms with Gasteiger partial charge in [-0.2, -0.15) is 0 Å². The lowest BCUT2D eigenvalue weighted by atomic mass is 9.80. The molecule has 1 N–H and O–H groups in total. The van der Waals surface area contributed by atoms with E-state index in [0.717, 1.165) is 43.6 Å². The Kier molecular flexibility index (Phi) is 10.4. The van der Waals surface area contributed by atoms with Gasteiger partial charge in [-0.15, -0.1) is 10.3 Å². The summed E-state index contributed by atoms with van der Waals surface area (Å²) >= 11 is 0. The lowest BCUT2D eigenvalue weighted by Crippen LogP contribution is -2.60. The highest BCUT2D eigenvalue weighted by molar-refractivity contribution is 5.69. The lowest BCUT2D eigenvalue weighted by molar-refractivity contribution is -0.299. The van der Waals surface area contributed by atoms with Crippen LogP contribution >= 0.6 is 0 Å². The highest BCUT2D eigenvalue weighted by atomic mass is 16.6. The number of nitrogens with zero attached hydrogens (tertiary/aromatic N) is 2. The van der Waals surface area contributed by atoms with Crippen LogP contribution in [-0.4, -0.2) is 61.6 Å². The number of hydrogen-bond donors (Lipinski definition) is 0. The highest BCUT2D eigenvalue weighted by Crippen LogP contribution is 2.39. The average Bonchev–Trinajstić information content (AvgIpc) is 2.71. The molecule has 2 rings (SSSR count). The zero-order valence-corrected chi connectivity index (χ0v) is 24.0. The molecule has 2 fully saturated rings. The maximum absolute atomic E-state index is 12.4. The van der Waals surface area contributed by atoms with Crippen molar-refractivity contribution in [2.45, 2.75) is 167 Å². The molecule has 0 bridgehead atoms. The summed E-state index contributed by atoms with van der Waals surface area (Å²) < 4.78 is 11.4. The third-order valence-electron chi connectivity index (χ3n) is 7.76. The number of ether oxygens (including phenoxy) is 2. The first kappa shape index (κ1) is 31.0. The third kappa shape index (κ3) is 8.67. The van der Waals surface area contributed by atoms with Crippen LogP contribution in [0.3, 0.4) is 0 Å². The summed E-state index contributed by atoms with van der Waals surface area (Å²) in [6.07, 6.45) is 8.37. The van der Waals surface area contributed by atoms with Crippen molar-refractivity contribution in [1.29, 1.82) is 0 Å². The Bertz CT molecular complexity index is 650. The van der Waals surface area contributed by atoms with Gasteiger partial charge in [0, 0.05) is 54.7 Å². The maximum Gasteiger partial charge on any atom is 0.306 e. The van der Waals surface area contributed by atoms with Crippen molar-refractivity contribution >= 4 is 11.9 Å². The molecule has 2 aliphatic heterocycles. The summed E-state index contributed by atoms with van der Waals surface area (Å²) in [7, 11) is 0. The molecule has 2 saturated heterocycles. The molecule has 0 unspecified atom stereocenters. The summed E-state index contributed by atoms with van der Waals surface area (Å²) in [5.41, 5.74) is -1.94. The maximum atomic E-state index is 12.4. The van der Waals surface area contributed by atoms with Gasteiger partial charge in [0.15, 0.2) is 0 Å². The van der Waals surface area contributed by atoms with E-state index < -0.39 is 22.2 Å². The van der Waals surface area contributed by atoms with Gasteiger partial charge in [-0.1, -0.05) is 25.7 Å². The van der Waals surface area contributed by atoms with Crippen LogP contribution in [0, 0.1) is 0 Å². The number of carbonyl (C=O) groups excluding carboxylic acids is 2. The minimum absolute atomic E-state index is 0.157. The molecule has 2 heterocycles. The molecule has 8 heteroatoms. The van der Waals surface area contributed by atoms with Crippen LogP contribution in [0.5, 0.6) is 0 Å². The fourth-order valence-electron chi connectivity index (χ4n) is 6.25. The van der Waals surface area contributed by atoms with E-state index >= 15 is 0 Å². The Hall–Kier alpha value is -1.22. The second-order valence-corrected chi connectivity index (χ2v) is 13.5. The van der Waals surface area contributed by atoms with E-state index in [1.165, 1.54) is 5.06 Å². The zero-order valence-electron chi connectivity index (χ0n) is 24.0. The van der Waals surface area contributed by atoms with E-state index in [2.05, 4.69) is 0 Å². The van der Waals surface area contributed by atoms with Gasteiger partial charge in [0.2, 0.25) is 0 Å². The van der Waals surface area contributed by atoms with E-state index in [4.69, 9.17) is 9.47 Å². The molecule has 0 saturated carbocycles. The standard InChI is InChI=1S/C28H51N2O6/c1-25(2)17-21(18-26(3,4)29(25)33)35-23(31)15-13-11-9-10-12-14-16-24(32)36-22-19-27(5,6)30(34)28(7,8)20-22/h21-22,33H,9-20H2,1-8H3/q+1. The monoisotopic (exact) mass is 511 g/mol. The van der Waals surface area contributed by atoms with Crippen molar-refractivity contribution in [3.63, 3.8) is 0 Å². The minimum Gasteiger partial charge on any atom is -0.462 e. The van der Waals surface area contributed by atoms with Gasteiger partial charge in [-0.25, -0.2) is 0 Å². The number of esters is 2. The molecule has 208 valence electrons. The molecule has 36 heavy (non-hydrogen) atoms. The summed E-state index contributed by atoms with van der Waals surface area (Å²) in [5.74, 6) is -0.331. The number of piperidine rings is 2. The molecule has 0 aliphatic carbocycles. The molecule has 2 aliphatic rings. The summed E-state index contributed by atoms with van der Waals surface area (Å²) in [6, 6.07) is 0. The number of unbranched alkanes of at least 4 members (excludes halogenated alkanes) is 5. The van der Waals surface area contributed by atoms with Crippen molar-refractivity contribution in [3.8, 4) is 0 Å². The van der Waals surface area contributed by atoms with Crippen LogP contribution in [-0.2, 0) is 24.3 Å². The van der Waals surface area contributed by atoms with Crippen molar-refractivity contribution in [3.05, 3.63) is 0 Å². The summed E-state index contributed by atoms with van der Waals surface area (Å²) in [6.45, 7) is 15.5. The van der Waals surface area contributed by atoms with Crippen molar-refractivity contribution in [2.24, 2.45) is 0 Å². The molecule has 0 atom stereocenters. The molecular formula is C28H51N2O6+. The van der Waals surface area contributed by atoms with Crippen LogP contribution in [0.15, 0.2) is 0 Å². The Balaban J connectivity index is 1.54. The SMILES string of the molecule is CC1(C)CC(OC(=O)CCCCCCCCC(=O)OC2CC(C)(C)N([OH+])C(C)(C)C2)CC(C)(C)N1[O]. The fraction of sp³-hybridized carbons (Fsp3) is 0.929. The molecule has 8 nitrogen and oxygen atoms in total. The summed E-state index contributed by atoms with van der Waals surface area (Å²) in [5, 5.41) is 25.4. The van der Waals surface area contributed by atoms with Gasteiger partial charge in [-0.3, -0.25) is 9.59 Å². The van der Waals surface area contributed by atoms with E-state index in [1.807, 2.05) is 55.4 Å². The molecule has 0 aromatic heterocycles. The van der Waals surface area contributed by atoms with Gasteiger partial charge < -0.3 is 9.47 Å². The normalized spacial score (nSPS) is 24.4. The summed E-state index contributed by atoms with van der Waals surface area (Å²) in [4.78, 5) is 24.6. The van der Waals surface area contributed by atoms with Gasteiger partial charge >= 0.3 is 11.9 Å². The van der Waals surface area contributed by atoms with Crippen molar-refractivity contribution in [2.75, 3.05) is 0 Å². The van der Waals surface area contributed by atoms with Crippen LogP contribution in [0.25, 0.3) is 0 Å². The van der Waals surface area contributed by atoms with E-state index in [9.17, 15) is 20.0 Å². The third-order valence-corrected chi connectivity index (χ3v) is 7.76. The van der Waals surface area contributed by atoms with Gasteiger partial charge in [0.1, 0.15) is 12.2 Å². The number of rotatable bonds is 11. The number of hydroxylamine groups is 4. The predicted molar refractivity (Wildman–Crippen MR) is 138 cm³/mol. The Morgan fingerprint density at radius 1 is 0.639 bits per heavy atom. The Morgan fingerprint density at radius 2 is 0.944 bits per heavy atom.